The minimum atomic E-state index is -4.02. The van der Waals surface area contributed by atoms with Gasteiger partial charge in [-0.15, -0.1) is 11.3 Å². The maximum Gasteiger partial charge on any atom is 0.269 e. The van der Waals surface area contributed by atoms with Gasteiger partial charge in [0.2, 0.25) is 5.91 Å². The zero-order valence-corrected chi connectivity index (χ0v) is 17.9. The lowest BCUT2D eigenvalue weighted by atomic mass is 9.93. The third kappa shape index (κ3) is 3.68. The molecule has 0 saturated carbocycles. The molecule has 0 unspecified atom stereocenters. The molecule has 2 aromatic rings. The van der Waals surface area contributed by atoms with Gasteiger partial charge < -0.3 is 5.32 Å². The summed E-state index contributed by atoms with van der Waals surface area (Å²) in [5.41, 5.74) is 1.06. The molecule has 1 aliphatic heterocycles. The van der Waals surface area contributed by atoms with E-state index in [9.17, 15) is 18.0 Å². The summed E-state index contributed by atoms with van der Waals surface area (Å²) in [5, 5.41) is 5.62. The molecule has 7 nitrogen and oxygen atoms in total. The first-order valence-electron chi connectivity index (χ1n) is 8.94. The summed E-state index contributed by atoms with van der Waals surface area (Å²) < 4.78 is 26.0. The number of carbonyl (C=O) groups excluding carboxylic acids is 2. The summed E-state index contributed by atoms with van der Waals surface area (Å²) in [7, 11) is -4.02. The Kier molecular flexibility index (Phi) is 5.33. The third-order valence-corrected chi connectivity index (χ3v) is 7.36. The summed E-state index contributed by atoms with van der Waals surface area (Å²) in [4.78, 5) is 29.5. The first-order chi connectivity index (χ1) is 13.0. The van der Waals surface area contributed by atoms with Gasteiger partial charge in [0.25, 0.3) is 15.9 Å². The minimum Gasteiger partial charge on any atom is -0.354 e. The number of nitrogens with zero attached hydrogens (tertiary/aromatic N) is 2. The van der Waals surface area contributed by atoms with Gasteiger partial charge in [-0.25, -0.2) is 17.7 Å². The molecular formula is C19H23N3O4S2. The highest BCUT2D eigenvalue weighted by Crippen LogP contribution is 2.31. The summed E-state index contributed by atoms with van der Waals surface area (Å²) in [5.74, 6) is -1.19. The van der Waals surface area contributed by atoms with E-state index in [-0.39, 0.29) is 15.9 Å². The maximum absolute atomic E-state index is 12.6. The number of fused-ring (bicyclic) bond motifs is 1. The standard InChI is InChI=1S/C19H23N3O4S2/c1-12(22-18(24)13-7-5-6-8-14(13)28(22,25)26)17(23)20-10-9-16-21-15(11-27-16)19(2,3)4/h5-8,11-12H,9-10H2,1-4H3,(H,20,23)/t12-/m1/s1. The molecule has 1 aromatic heterocycles. The molecule has 0 spiro atoms. The molecule has 0 fully saturated rings. The molecule has 1 aliphatic rings. The first-order valence-corrected chi connectivity index (χ1v) is 11.3. The van der Waals surface area contributed by atoms with Crippen LogP contribution in [-0.4, -0.2) is 42.1 Å². The second-order valence-electron chi connectivity index (χ2n) is 7.70. The van der Waals surface area contributed by atoms with E-state index >= 15 is 0 Å². The average molecular weight is 422 g/mol. The fourth-order valence-corrected chi connectivity index (χ4v) is 5.65. The predicted octanol–water partition coefficient (Wildman–Crippen LogP) is 2.33. The van der Waals surface area contributed by atoms with Crippen molar-refractivity contribution in [2.45, 2.75) is 50.5 Å². The quantitative estimate of drug-likeness (QED) is 0.799. The predicted molar refractivity (Wildman–Crippen MR) is 107 cm³/mol. The van der Waals surface area contributed by atoms with E-state index in [0.717, 1.165) is 10.7 Å². The molecule has 0 aliphatic carbocycles. The van der Waals surface area contributed by atoms with Gasteiger partial charge in [-0.1, -0.05) is 32.9 Å². The number of rotatable bonds is 5. The number of sulfonamides is 1. The smallest absolute Gasteiger partial charge is 0.269 e. The van der Waals surface area contributed by atoms with Crippen LogP contribution in [0.25, 0.3) is 0 Å². The van der Waals surface area contributed by atoms with E-state index in [2.05, 4.69) is 31.1 Å². The van der Waals surface area contributed by atoms with Crippen LogP contribution in [0.4, 0.5) is 0 Å². The second-order valence-corrected chi connectivity index (χ2v) is 10.4. The molecule has 2 heterocycles. The molecule has 1 atom stereocenters. The van der Waals surface area contributed by atoms with Crippen molar-refractivity contribution in [2.24, 2.45) is 0 Å². The van der Waals surface area contributed by atoms with Gasteiger partial charge in [0, 0.05) is 23.8 Å². The molecule has 0 bridgehead atoms. The number of benzene rings is 1. The summed E-state index contributed by atoms with van der Waals surface area (Å²) in [6, 6.07) is 4.85. The Morgan fingerprint density at radius 3 is 2.57 bits per heavy atom. The molecule has 9 heteroatoms. The van der Waals surface area contributed by atoms with Gasteiger partial charge in [-0.05, 0) is 19.1 Å². The van der Waals surface area contributed by atoms with E-state index in [0.29, 0.717) is 17.3 Å². The Bertz CT molecular complexity index is 1020. The number of hydrogen-bond donors (Lipinski definition) is 1. The van der Waals surface area contributed by atoms with Crippen LogP contribution < -0.4 is 5.32 Å². The molecule has 0 radical (unpaired) electrons. The lowest BCUT2D eigenvalue weighted by Crippen LogP contribution is -2.48. The van der Waals surface area contributed by atoms with Crippen LogP contribution in [0.1, 0.15) is 48.8 Å². The highest BCUT2D eigenvalue weighted by molar-refractivity contribution is 7.90. The molecule has 3 rings (SSSR count). The lowest BCUT2D eigenvalue weighted by Gasteiger charge is -2.22. The van der Waals surface area contributed by atoms with Crippen molar-refractivity contribution in [1.29, 1.82) is 0 Å². The van der Waals surface area contributed by atoms with Gasteiger partial charge in [0.1, 0.15) is 10.9 Å². The molecule has 1 N–H and O–H groups in total. The molecule has 150 valence electrons. The van der Waals surface area contributed by atoms with Crippen molar-refractivity contribution < 1.29 is 18.0 Å². The van der Waals surface area contributed by atoms with E-state index < -0.39 is 27.9 Å². The van der Waals surface area contributed by atoms with E-state index in [1.54, 1.807) is 12.1 Å². The maximum atomic E-state index is 12.6. The summed E-state index contributed by atoms with van der Waals surface area (Å²) in [6.07, 6.45) is 0.542. The van der Waals surface area contributed by atoms with Crippen molar-refractivity contribution in [3.05, 3.63) is 45.9 Å². The monoisotopic (exact) mass is 421 g/mol. The van der Waals surface area contributed by atoms with Crippen molar-refractivity contribution in [3.8, 4) is 0 Å². The average Bonchev–Trinajstić information content (AvgIpc) is 3.17. The van der Waals surface area contributed by atoms with Crippen LogP contribution in [0.3, 0.4) is 0 Å². The number of thiazole rings is 1. The minimum absolute atomic E-state index is 0.0357. The number of amides is 2. The third-order valence-electron chi connectivity index (χ3n) is 4.54. The number of nitrogens with one attached hydrogen (secondary N) is 1. The van der Waals surface area contributed by atoms with Gasteiger partial charge in [-0.3, -0.25) is 9.59 Å². The fraction of sp³-hybridized carbons (Fsp3) is 0.421. The van der Waals surface area contributed by atoms with Gasteiger partial charge >= 0.3 is 0 Å². The molecule has 28 heavy (non-hydrogen) atoms. The van der Waals surface area contributed by atoms with Gasteiger partial charge in [-0.2, -0.15) is 0 Å². The van der Waals surface area contributed by atoms with E-state index in [1.165, 1.54) is 30.4 Å². The summed E-state index contributed by atoms with van der Waals surface area (Å²) in [6.45, 7) is 7.98. The van der Waals surface area contributed by atoms with E-state index in [4.69, 9.17) is 0 Å². The number of hydrogen-bond acceptors (Lipinski definition) is 6. The van der Waals surface area contributed by atoms with Crippen molar-refractivity contribution in [3.63, 3.8) is 0 Å². The molecule has 2 amide bonds. The van der Waals surface area contributed by atoms with Crippen molar-refractivity contribution in [2.75, 3.05) is 6.54 Å². The largest absolute Gasteiger partial charge is 0.354 e. The Hall–Kier alpha value is -2.26. The second kappa shape index (κ2) is 7.29. The van der Waals surface area contributed by atoms with Gasteiger partial charge in [0.05, 0.1) is 16.3 Å². The first kappa shape index (κ1) is 20.5. The van der Waals surface area contributed by atoms with Crippen LogP contribution in [0, 0.1) is 0 Å². The fourth-order valence-electron chi connectivity index (χ4n) is 2.90. The highest BCUT2D eigenvalue weighted by atomic mass is 32.2. The normalized spacial score (nSPS) is 16.7. The Labute approximate surface area is 168 Å². The van der Waals surface area contributed by atoms with Crippen LogP contribution in [0.15, 0.2) is 34.5 Å². The Morgan fingerprint density at radius 1 is 1.29 bits per heavy atom. The SMILES string of the molecule is C[C@H](C(=O)NCCc1nc(C(C)(C)C)cs1)N1C(=O)c2ccccc2S1(=O)=O. The van der Waals surface area contributed by atoms with Crippen LogP contribution in [0.2, 0.25) is 0 Å². The Balaban J connectivity index is 1.64. The summed E-state index contributed by atoms with van der Waals surface area (Å²) >= 11 is 1.53. The van der Waals surface area contributed by atoms with Crippen LogP contribution in [-0.2, 0) is 26.7 Å². The lowest BCUT2D eigenvalue weighted by molar-refractivity contribution is -0.123. The molecule has 1 aromatic carbocycles. The van der Waals surface area contributed by atoms with E-state index in [1.807, 2.05) is 5.38 Å². The van der Waals surface area contributed by atoms with Crippen molar-refractivity contribution >= 4 is 33.2 Å². The number of aromatic nitrogens is 1. The number of carbonyl (C=O) groups is 2. The van der Waals surface area contributed by atoms with Crippen LogP contribution in [0.5, 0.6) is 0 Å². The van der Waals surface area contributed by atoms with Crippen LogP contribution >= 0.6 is 11.3 Å². The Morgan fingerprint density at radius 2 is 1.96 bits per heavy atom. The van der Waals surface area contributed by atoms with Crippen molar-refractivity contribution in [1.82, 2.24) is 14.6 Å². The molecule has 0 saturated heterocycles. The van der Waals surface area contributed by atoms with Gasteiger partial charge in [0.15, 0.2) is 0 Å². The topological polar surface area (TPSA) is 96.4 Å². The highest BCUT2D eigenvalue weighted by Gasteiger charge is 2.45. The zero-order valence-electron chi connectivity index (χ0n) is 16.2. The molecular weight excluding hydrogens is 398 g/mol. The zero-order chi connectivity index (χ0) is 20.7.